The van der Waals surface area contributed by atoms with E-state index in [-0.39, 0.29) is 17.6 Å². The minimum Gasteiger partial charge on any atom is -0.336 e. The molecule has 0 bridgehead atoms. The van der Waals surface area contributed by atoms with Gasteiger partial charge in [-0.1, -0.05) is 24.3 Å². The minimum atomic E-state index is -0.422. The number of nitrogens with zero attached hydrogens (tertiary/aromatic N) is 2. The molecule has 2 heterocycles. The molecule has 4 nitrogen and oxygen atoms in total. The molecule has 1 saturated heterocycles. The zero-order chi connectivity index (χ0) is 18.1. The Kier molecular flexibility index (Phi) is 4.51. The SMILES string of the molecule is O=C(c1cccc(F)c1)C1CCCN(C(=O)c2nc3ccccc3s2)C1. The van der Waals surface area contributed by atoms with Gasteiger partial charge in [0.15, 0.2) is 10.8 Å². The first-order chi connectivity index (χ1) is 12.6. The first-order valence-corrected chi connectivity index (χ1v) is 9.38. The molecule has 1 atom stereocenters. The summed E-state index contributed by atoms with van der Waals surface area (Å²) in [5.74, 6) is -0.966. The van der Waals surface area contributed by atoms with Crippen molar-refractivity contribution in [1.82, 2.24) is 9.88 Å². The summed E-state index contributed by atoms with van der Waals surface area (Å²) in [6, 6.07) is 13.4. The standard InChI is InChI=1S/C20H17FN2O2S/c21-15-7-3-5-13(11-15)18(24)14-6-4-10-23(12-14)20(25)19-22-16-8-1-2-9-17(16)26-19/h1-3,5,7-9,11,14H,4,6,10,12H2. The van der Waals surface area contributed by atoms with E-state index in [0.717, 1.165) is 16.6 Å². The Balaban J connectivity index is 1.52. The number of hydrogen-bond acceptors (Lipinski definition) is 4. The number of thiazole rings is 1. The lowest BCUT2D eigenvalue weighted by molar-refractivity contribution is 0.0636. The maximum absolute atomic E-state index is 13.4. The third-order valence-corrected chi connectivity index (χ3v) is 5.69. The van der Waals surface area contributed by atoms with Crippen LogP contribution in [0.1, 0.15) is 33.0 Å². The zero-order valence-corrected chi connectivity index (χ0v) is 14.8. The number of hydrogen-bond donors (Lipinski definition) is 0. The summed E-state index contributed by atoms with van der Waals surface area (Å²) >= 11 is 1.37. The van der Waals surface area contributed by atoms with E-state index in [0.29, 0.717) is 30.1 Å². The quantitative estimate of drug-likeness (QED) is 0.652. The number of ketones is 1. The molecule has 1 aliphatic heterocycles. The topological polar surface area (TPSA) is 50.3 Å². The number of likely N-dealkylation sites (tertiary alicyclic amines) is 1. The molecule has 1 unspecified atom stereocenters. The van der Waals surface area contributed by atoms with Crippen molar-refractivity contribution >= 4 is 33.2 Å². The van der Waals surface area contributed by atoms with Gasteiger partial charge in [-0.3, -0.25) is 9.59 Å². The Morgan fingerprint density at radius 3 is 2.81 bits per heavy atom. The first kappa shape index (κ1) is 16.8. The summed E-state index contributed by atoms with van der Waals surface area (Å²) < 4.78 is 14.4. The Labute approximate surface area is 154 Å². The van der Waals surface area contributed by atoms with Crippen molar-refractivity contribution < 1.29 is 14.0 Å². The van der Waals surface area contributed by atoms with Crippen LogP contribution in [0.4, 0.5) is 4.39 Å². The van der Waals surface area contributed by atoms with Gasteiger partial charge in [0.2, 0.25) is 0 Å². The van der Waals surface area contributed by atoms with Gasteiger partial charge in [0.05, 0.1) is 10.2 Å². The second-order valence-electron chi connectivity index (χ2n) is 6.45. The van der Waals surface area contributed by atoms with Crippen molar-refractivity contribution in [3.05, 3.63) is 64.9 Å². The molecule has 6 heteroatoms. The maximum Gasteiger partial charge on any atom is 0.282 e. The predicted octanol–water partition coefficient (Wildman–Crippen LogP) is 4.17. The highest BCUT2D eigenvalue weighted by molar-refractivity contribution is 7.20. The lowest BCUT2D eigenvalue weighted by atomic mass is 9.90. The third-order valence-electron chi connectivity index (χ3n) is 4.67. The minimum absolute atomic E-state index is 0.105. The van der Waals surface area contributed by atoms with Gasteiger partial charge in [-0.15, -0.1) is 11.3 Å². The van der Waals surface area contributed by atoms with Gasteiger partial charge in [-0.05, 0) is 37.1 Å². The Bertz CT molecular complexity index is 952. The molecule has 132 valence electrons. The monoisotopic (exact) mass is 368 g/mol. The van der Waals surface area contributed by atoms with Gasteiger partial charge < -0.3 is 4.90 Å². The van der Waals surface area contributed by atoms with Crippen LogP contribution in [0.25, 0.3) is 10.2 Å². The van der Waals surface area contributed by atoms with E-state index in [1.807, 2.05) is 24.3 Å². The van der Waals surface area contributed by atoms with Gasteiger partial charge in [-0.25, -0.2) is 9.37 Å². The van der Waals surface area contributed by atoms with Crippen molar-refractivity contribution in [2.75, 3.05) is 13.1 Å². The van der Waals surface area contributed by atoms with Crippen LogP contribution in [0.3, 0.4) is 0 Å². The first-order valence-electron chi connectivity index (χ1n) is 8.56. The number of halogens is 1. The van der Waals surface area contributed by atoms with Crippen LogP contribution in [0.2, 0.25) is 0 Å². The van der Waals surface area contributed by atoms with Crippen molar-refractivity contribution in [3.63, 3.8) is 0 Å². The average molecular weight is 368 g/mol. The molecule has 26 heavy (non-hydrogen) atoms. The largest absolute Gasteiger partial charge is 0.336 e. The molecule has 1 aliphatic rings. The zero-order valence-electron chi connectivity index (χ0n) is 14.0. The van der Waals surface area contributed by atoms with Crippen molar-refractivity contribution in [2.24, 2.45) is 5.92 Å². The van der Waals surface area contributed by atoms with E-state index in [1.54, 1.807) is 11.0 Å². The summed E-state index contributed by atoms with van der Waals surface area (Å²) in [6.45, 7) is 0.964. The number of benzene rings is 2. The van der Waals surface area contributed by atoms with Gasteiger partial charge >= 0.3 is 0 Å². The number of amides is 1. The average Bonchev–Trinajstić information content (AvgIpc) is 3.11. The van der Waals surface area contributed by atoms with Gasteiger partial charge in [0.25, 0.3) is 5.91 Å². The molecule has 1 fully saturated rings. The van der Waals surface area contributed by atoms with Gasteiger partial charge in [0, 0.05) is 24.6 Å². The molecule has 1 aromatic heterocycles. The van der Waals surface area contributed by atoms with Crippen LogP contribution < -0.4 is 0 Å². The number of fused-ring (bicyclic) bond motifs is 1. The molecule has 0 radical (unpaired) electrons. The number of piperidine rings is 1. The van der Waals surface area contributed by atoms with E-state index in [1.165, 1.54) is 29.5 Å². The number of aromatic nitrogens is 1. The highest BCUT2D eigenvalue weighted by Crippen LogP contribution is 2.26. The normalized spacial score (nSPS) is 17.4. The number of rotatable bonds is 3. The highest BCUT2D eigenvalue weighted by Gasteiger charge is 2.30. The molecule has 0 saturated carbocycles. The summed E-state index contributed by atoms with van der Waals surface area (Å²) in [4.78, 5) is 31.6. The summed E-state index contributed by atoms with van der Waals surface area (Å²) in [6.07, 6.45) is 1.46. The summed E-state index contributed by atoms with van der Waals surface area (Å²) in [5.41, 5.74) is 1.18. The Morgan fingerprint density at radius 2 is 2.00 bits per heavy atom. The second kappa shape index (κ2) is 6.96. The van der Waals surface area contributed by atoms with Crippen LogP contribution in [-0.4, -0.2) is 34.7 Å². The second-order valence-corrected chi connectivity index (χ2v) is 7.48. The number of carbonyl (C=O) groups is 2. The van der Waals surface area contributed by atoms with E-state index < -0.39 is 5.82 Å². The molecular formula is C20H17FN2O2S. The molecule has 0 N–H and O–H groups in total. The maximum atomic E-state index is 13.4. The van der Waals surface area contributed by atoms with Crippen molar-refractivity contribution in [2.45, 2.75) is 12.8 Å². The highest BCUT2D eigenvalue weighted by atomic mass is 32.1. The van der Waals surface area contributed by atoms with Gasteiger partial charge in [0.1, 0.15) is 5.82 Å². The molecule has 0 spiro atoms. The molecular weight excluding hydrogens is 351 g/mol. The fourth-order valence-electron chi connectivity index (χ4n) is 3.35. The van der Waals surface area contributed by atoms with Crippen LogP contribution in [0, 0.1) is 11.7 Å². The van der Waals surface area contributed by atoms with Crippen LogP contribution in [-0.2, 0) is 0 Å². The van der Waals surface area contributed by atoms with Crippen molar-refractivity contribution in [1.29, 1.82) is 0 Å². The lowest BCUT2D eigenvalue weighted by Crippen LogP contribution is -2.42. The Hall–Kier alpha value is -2.60. The summed E-state index contributed by atoms with van der Waals surface area (Å²) in [7, 11) is 0. The van der Waals surface area contributed by atoms with Gasteiger partial charge in [-0.2, -0.15) is 0 Å². The molecule has 3 aromatic rings. The van der Waals surface area contributed by atoms with Crippen LogP contribution in [0.5, 0.6) is 0 Å². The molecule has 2 aromatic carbocycles. The van der Waals surface area contributed by atoms with E-state index in [2.05, 4.69) is 4.98 Å². The van der Waals surface area contributed by atoms with Crippen LogP contribution in [0.15, 0.2) is 48.5 Å². The molecule has 4 rings (SSSR count). The van der Waals surface area contributed by atoms with Crippen molar-refractivity contribution in [3.8, 4) is 0 Å². The van der Waals surface area contributed by atoms with E-state index in [9.17, 15) is 14.0 Å². The fourth-order valence-corrected chi connectivity index (χ4v) is 4.29. The fraction of sp³-hybridized carbons (Fsp3) is 0.250. The smallest absolute Gasteiger partial charge is 0.282 e. The Morgan fingerprint density at radius 1 is 1.15 bits per heavy atom. The predicted molar refractivity (Wildman–Crippen MR) is 99.0 cm³/mol. The number of para-hydroxylation sites is 1. The number of Topliss-reactive ketones (excluding diaryl/α,β-unsaturated/α-hetero) is 1. The van der Waals surface area contributed by atoms with E-state index >= 15 is 0 Å². The molecule has 1 amide bonds. The van der Waals surface area contributed by atoms with E-state index in [4.69, 9.17) is 0 Å². The summed E-state index contributed by atoms with van der Waals surface area (Å²) in [5, 5.41) is 0.449. The number of carbonyl (C=O) groups excluding carboxylic acids is 2. The van der Waals surface area contributed by atoms with Crippen LogP contribution >= 0.6 is 11.3 Å². The molecule has 0 aliphatic carbocycles. The lowest BCUT2D eigenvalue weighted by Gasteiger charge is -2.31. The third kappa shape index (κ3) is 3.24.